The van der Waals surface area contributed by atoms with Gasteiger partial charge in [-0.1, -0.05) is 13.8 Å². The lowest BCUT2D eigenvalue weighted by Crippen LogP contribution is -2.38. The molecule has 0 radical (unpaired) electrons. The molecule has 0 aromatic heterocycles. The molecule has 0 heterocycles. The van der Waals surface area contributed by atoms with Crippen molar-refractivity contribution in [3.05, 3.63) is 0 Å². The summed E-state index contributed by atoms with van der Waals surface area (Å²) in [4.78, 5) is 13.5. The molecule has 14 heavy (non-hydrogen) atoms. The molecule has 1 amide bonds. The van der Waals surface area contributed by atoms with Gasteiger partial charge in [-0.3, -0.25) is 4.79 Å². The van der Waals surface area contributed by atoms with Crippen molar-refractivity contribution in [2.24, 2.45) is 11.7 Å². The van der Waals surface area contributed by atoms with Crippen LogP contribution in [0.3, 0.4) is 0 Å². The Kier molecular flexibility index (Phi) is 5.77. The van der Waals surface area contributed by atoms with Gasteiger partial charge in [-0.15, -0.1) is 0 Å². The Balaban J connectivity index is 3.99. The second-order valence-electron chi connectivity index (χ2n) is 4.51. The zero-order valence-electron chi connectivity index (χ0n) is 10.1. The third kappa shape index (κ3) is 4.61. The van der Waals surface area contributed by atoms with Crippen LogP contribution in [-0.4, -0.2) is 29.9 Å². The number of nitrogens with zero attached hydrogens (tertiary/aromatic N) is 1. The first-order chi connectivity index (χ1) is 6.36. The molecule has 2 atom stereocenters. The molecule has 0 aliphatic heterocycles. The van der Waals surface area contributed by atoms with Gasteiger partial charge < -0.3 is 10.6 Å². The van der Waals surface area contributed by atoms with E-state index in [0.29, 0.717) is 18.4 Å². The van der Waals surface area contributed by atoms with Crippen molar-refractivity contribution in [3.8, 4) is 0 Å². The van der Waals surface area contributed by atoms with Gasteiger partial charge in [-0.2, -0.15) is 0 Å². The number of hydrogen-bond acceptors (Lipinski definition) is 2. The summed E-state index contributed by atoms with van der Waals surface area (Å²) in [5, 5.41) is 0. The summed E-state index contributed by atoms with van der Waals surface area (Å²) in [5.74, 6) is 0.697. The fourth-order valence-electron chi connectivity index (χ4n) is 1.20. The molecule has 0 aromatic rings. The Morgan fingerprint density at radius 1 is 1.29 bits per heavy atom. The Morgan fingerprint density at radius 3 is 2.14 bits per heavy atom. The van der Waals surface area contributed by atoms with Crippen molar-refractivity contribution >= 4 is 5.91 Å². The van der Waals surface area contributed by atoms with Gasteiger partial charge in [0.2, 0.25) is 5.91 Å². The zero-order valence-corrected chi connectivity index (χ0v) is 10.1. The smallest absolute Gasteiger partial charge is 0.222 e. The molecule has 0 aromatic carbocycles. The van der Waals surface area contributed by atoms with Gasteiger partial charge in [0.15, 0.2) is 0 Å². The molecule has 3 nitrogen and oxygen atoms in total. The largest absolute Gasteiger partial charge is 0.343 e. The average molecular weight is 200 g/mol. The molecule has 0 bridgehead atoms. The van der Waals surface area contributed by atoms with Crippen molar-refractivity contribution in [2.45, 2.75) is 52.6 Å². The van der Waals surface area contributed by atoms with E-state index in [4.69, 9.17) is 5.73 Å². The third-order valence-corrected chi connectivity index (χ3v) is 2.78. The first kappa shape index (κ1) is 13.4. The van der Waals surface area contributed by atoms with E-state index in [0.717, 1.165) is 6.42 Å². The SMILES string of the molecule is CC(N)CCC(=O)N(C)C(C)C(C)C. The molecule has 0 aliphatic rings. The van der Waals surface area contributed by atoms with E-state index >= 15 is 0 Å². The summed E-state index contributed by atoms with van der Waals surface area (Å²) in [6.45, 7) is 8.26. The lowest BCUT2D eigenvalue weighted by atomic mass is 10.0. The second kappa shape index (κ2) is 6.02. The van der Waals surface area contributed by atoms with Crippen molar-refractivity contribution in [2.75, 3.05) is 7.05 Å². The Labute approximate surface area is 87.6 Å². The predicted octanol–water partition coefficient (Wildman–Crippen LogP) is 1.62. The summed E-state index contributed by atoms with van der Waals surface area (Å²) in [6, 6.07) is 0.414. The number of carbonyl (C=O) groups is 1. The molecule has 84 valence electrons. The highest BCUT2D eigenvalue weighted by Gasteiger charge is 2.18. The molecular weight excluding hydrogens is 176 g/mol. The van der Waals surface area contributed by atoms with Gasteiger partial charge in [-0.05, 0) is 26.2 Å². The molecule has 0 spiro atoms. The minimum absolute atomic E-state index is 0.113. The maximum absolute atomic E-state index is 11.7. The predicted molar refractivity (Wildman–Crippen MR) is 60.0 cm³/mol. The van der Waals surface area contributed by atoms with E-state index in [1.54, 1.807) is 0 Å². The highest BCUT2D eigenvalue weighted by atomic mass is 16.2. The van der Waals surface area contributed by atoms with Gasteiger partial charge in [0, 0.05) is 25.6 Å². The normalized spacial score (nSPS) is 15.4. The molecule has 0 fully saturated rings. The number of nitrogens with two attached hydrogens (primary N) is 1. The van der Waals surface area contributed by atoms with Crippen LogP contribution in [0.15, 0.2) is 0 Å². The Hall–Kier alpha value is -0.570. The lowest BCUT2D eigenvalue weighted by molar-refractivity contribution is -0.132. The monoisotopic (exact) mass is 200 g/mol. The van der Waals surface area contributed by atoms with E-state index < -0.39 is 0 Å². The van der Waals surface area contributed by atoms with Gasteiger partial charge in [-0.25, -0.2) is 0 Å². The van der Waals surface area contributed by atoms with Crippen LogP contribution in [0.25, 0.3) is 0 Å². The summed E-state index contributed by atoms with van der Waals surface area (Å²) < 4.78 is 0. The summed E-state index contributed by atoms with van der Waals surface area (Å²) in [5.41, 5.74) is 5.61. The van der Waals surface area contributed by atoms with Crippen LogP contribution in [0.5, 0.6) is 0 Å². The van der Waals surface area contributed by atoms with E-state index in [1.165, 1.54) is 0 Å². The van der Waals surface area contributed by atoms with Crippen LogP contribution in [0, 0.1) is 5.92 Å². The molecule has 0 rings (SSSR count). The highest BCUT2D eigenvalue weighted by molar-refractivity contribution is 5.76. The van der Waals surface area contributed by atoms with Crippen molar-refractivity contribution in [1.29, 1.82) is 0 Å². The number of amides is 1. The standard InChI is InChI=1S/C11H24N2O/c1-8(2)10(4)13(5)11(14)7-6-9(3)12/h8-10H,6-7,12H2,1-5H3. The topological polar surface area (TPSA) is 46.3 Å². The van der Waals surface area contributed by atoms with Gasteiger partial charge in [0.05, 0.1) is 0 Å². The van der Waals surface area contributed by atoms with Crippen molar-refractivity contribution in [3.63, 3.8) is 0 Å². The van der Waals surface area contributed by atoms with E-state index in [-0.39, 0.29) is 11.9 Å². The van der Waals surface area contributed by atoms with Crippen LogP contribution >= 0.6 is 0 Å². The fraction of sp³-hybridized carbons (Fsp3) is 0.909. The molecule has 3 heteroatoms. The van der Waals surface area contributed by atoms with E-state index in [1.807, 2.05) is 18.9 Å². The summed E-state index contributed by atoms with van der Waals surface area (Å²) in [6.07, 6.45) is 1.33. The maximum Gasteiger partial charge on any atom is 0.222 e. The molecule has 2 N–H and O–H groups in total. The quantitative estimate of drug-likeness (QED) is 0.733. The van der Waals surface area contributed by atoms with Crippen LogP contribution < -0.4 is 5.73 Å². The minimum atomic E-state index is 0.113. The maximum atomic E-state index is 11.7. The fourth-order valence-corrected chi connectivity index (χ4v) is 1.20. The number of rotatable bonds is 5. The van der Waals surface area contributed by atoms with Crippen LogP contribution in [0.4, 0.5) is 0 Å². The summed E-state index contributed by atoms with van der Waals surface area (Å²) >= 11 is 0. The molecule has 0 saturated carbocycles. The minimum Gasteiger partial charge on any atom is -0.343 e. The van der Waals surface area contributed by atoms with Crippen LogP contribution in [0.1, 0.15) is 40.5 Å². The average Bonchev–Trinajstić information content (AvgIpc) is 2.11. The van der Waals surface area contributed by atoms with E-state index in [2.05, 4.69) is 20.8 Å². The van der Waals surface area contributed by atoms with Gasteiger partial charge >= 0.3 is 0 Å². The zero-order chi connectivity index (χ0) is 11.3. The van der Waals surface area contributed by atoms with Gasteiger partial charge in [0.1, 0.15) is 0 Å². The van der Waals surface area contributed by atoms with Crippen LogP contribution in [-0.2, 0) is 4.79 Å². The van der Waals surface area contributed by atoms with Crippen molar-refractivity contribution in [1.82, 2.24) is 4.90 Å². The molecule has 0 aliphatic carbocycles. The van der Waals surface area contributed by atoms with Crippen molar-refractivity contribution < 1.29 is 4.79 Å². The van der Waals surface area contributed by atoms with Crippen LogP contribution in [0.2, 0.25) is 0 Å². The molecule has 0 saturated heterocycles. The second-order valence-corrected chi connectivity index (χ2v) is 4.51. The summed E-state index contributed by atoms with van der Waals surface area (Å²) in [7, 11) is 1.87. The third-order valence-electron chi connectivity index (χ3n) is 2.78. The van der Waals surface area contributed by atoms with E-state index in [9.17, 15) is 4.79 Å². The highest BCUT2D eigenvalue weighted by Crippen LogP contribution is 2.10. The Morgan fingerprint density at radius 2 is 1.79 bits per heavy atom. The number of carbonyl (C=O) groups excluding carboxylic acids is 1. The molecule has 2 unspecified atom stereocenters. The van der Waals surface area contributed by atoms with Gasteiger partial charge in [0.25, 0.3) is 0 Å². The number of hydrogen-bond donors (Lipinski definition) is 1. The first-order valence-electron chi connectivity index (χ1n) is 5.37. The lowest BCUT2D eigenvalue weighted by Gasteiger charge is -2.28. The first-order valence-corrected chi connectivity index (χ1v) is 5.37. The molecular formula is C11H24N2O. The Bertz CT molecular complexity index is 178.